The van der Waals surface area contributed by atoms with E-state index in [9.17, 15) is 8.42 Å². The van der Waals surface area contributed by atoms with Gasteiger partial charge in [0.1, 0.15) is 0 Å². The average Bonchev–Trinajstić information content (AvgIpc) is 2.61. The molecule has 0 amide bonds. The maximum Gasteiger partial charge on any atom is 0.173 e. The molecular formula is C11H11ClN2O2S2. The van der Waals surface area contributed by atoms with Crippen molar-refractivity contribution in [2.24, 2.45) is 0 Å². The quantitative estimate of drug-likeness (QED) is 0.818. The van der Waals surface area contributed by atoms with Crippen LogP contribution in [0.3, 0.4) is 0 Å². The van der Waals surface area contributed by atoms with Crippen molar-refractivity contribution in [3.63, 3.8) is 0 Å². The van der Waals surface area contributed by atoms with E-state index in [4.69, 9.17) is 23.8 Å². The van der Waals surface area contributed by atoms with Crippen LogP contribution in [0.1, 0.15) is 0 Å². The summed E-state index contributed by atoms with van der Waals surface area (Å²) in [5.74, 6) is 0.0251. The fourth-order valence-corrected chi connectivity index (χ4v) is 3.23. The van der Waals surface area contributed by atoms with Crippen LogP contribution < -0.4 is 10.6 Å². The molecule has 0 radical (unpaired) electrons. The van der Waals surface area contributed by atoms with Crippen LogP contribution in [0.5, 0.6) is 0 Å². The van der Waals surface area contributed by atoms with Crippen molar-refractivity contribution in [2.75, 3.05) is 11.1 Å². The average molecular weight is 303 g/mol. The highest BCUT2D eigenvalue weighted by Gasteiger charge is 2.22. The molecule has 0 spiro atoms. The highest BCUT2D eigenvalue weighted by Crippen LogP contribution is 2.20. The second-order valence-corrected chi connectivity index (χ2v) is 6.59. The van der Waals surface area contributed by atoms with Gasteiger partial charge in [-0.1, -0.05) is 23.7 Å². The molecular weight excluding hydrogens is 292 g/mol. The van der Waals surface area contributed by atoms with E-state index < -0.39 is 9.84 Å². The minimum absolute atomic E-state index is 0.0251. The Bertz CT molecular complexity index is 599. The van der Waals surface area contributed by atoms with Gasteiger partial charge in [-0.05, 0) is 30.4 Å². The molecule has 1 heterocycles. The van der Waals surface area contributed by atoms with E-state index in [0.29, 0.717) is 15.8 Å². The SMILES string of the molecule is O=S1(=O)C=C[C@H](NC(=S)Nc2ccccc2Cl)C1. The summed E-state index contributed by atoms with van der Waals surface area (Å²) in [4.78, 5) is 0. The Kier molecular flexibility index (Phi) is 3.89. The van der Waals surface area contributed by atoms with E-state index in [1.54, 1.807) is 18.2 Å². The molecule has 0 aromatic heterocycles. The van der Waals surface area contributed by atoms with Gasteiger partial charge in [-0.25, -0.2) is 8.42 Å². The number of sulfone groups is 1. The van der Waals surface area contributed by atoms with Crippen molar-refractivity contribution in [3.8, 4) is 0 Å². The largest absolute Gasteiger partial charge is 0.355 e. The van der Waals surface area contributed by atoms with Crippen molar-refractivity contribution < 1.29 is 8.42 Å². The molecule has 2 N–H and O–H groups in total. The summed E-state index contributed by atoms with van der Waals surface area (Å²) < 4.78 is 22.4. The van der Waals surface area contributed by atoms with Crippen molar-refractivity contribution in [1.82, 2.24) is 5.32 Å². The van der Waals surface area contributed by atoms with Gasteiger partial charge in [-0.2, -0.15) is 0 Å². The van der Waals surface area contributed by atoms with Crippen LogP contribution in [-0.4, -0.2) is 25.3 Å². The summed E-state index contributed by atoms with van der Waals surface area (Å²) in [7, 11) is -3.08. The molecule has 0 bridgehead atoms. The molecule has 1 aromatic carbocycles. The van der Waals surface area contributed by atoms with E-state index in [1.807, 2.05) is 12.1 Å². The lowest BCUT2D eigenvalue weighted by molar-refractivity contribution is 0.603. The molecule has 1 aromatic rings. The third kappa shape index (κ3) is 3.44. The van der Waals surface area contributed by atoms with Crippen LogP contribution in [0, 0.1) is 0 Å². The number of hydrogen-bond donors (Lipinski definition) is 2. The number of para-hydroxylation sites is 1. The molecule has 4 nitrogen and oxygen atoms in total. The lowest BCUT2D eigenvalue weighted by Gasteiger charge is -2.14. The molecule has 7 heteroatoms. The zero-order valence-electron chi connectivity index (χ0n) is 9.26. The van der Waals surface area contributed by atoms with Gasteiger partial charge in [0.25, 0.3) is 0 Å². The van der Waals surface area contributed by atoms with Crippen LogP contribution in [0.25, 0.3) is 0 Å². The zero-order valence-corrected chi connectivity index (χ0v) is 11.6. The first-order chi connectivity index (χ1) is 8.46. The summed E-state index contributed by atoms with van der Waals surface area (Å²) in [5.41, 5.74) is 0.682. The molecule has 1 aliphatic rings. The summed E-state index contributed by atoms with van der Waals surface area (Å²) in [5, 5.41) is 7.92. The number of nitrogens with one attached hydrogen (secondary N) is 2. The molecule has 96 valence electrons. The minimum atomic E-state index is -3.08. The van der Waals surface area contributed by atoms with Crippen molar-refractivity contribution >= 4 is 44.5 Å². The number of rotatable bonds is 2. The number of anilines is 1. The van der Waals surface area contributed by atoms with E-state index in [-0.39, 0.29) is 11.8 Å². The Morgan fingerprint density at radius 2 is 2.11 bits per heavy atom. The van der Waals surface area contributed by atoms with Gasteiger partial charge in [0.2, 0.25) is 0 Å². The lowest BCUT2D eigenvalue weighted by Crippen LogP contribution is -2.38. The standard InChI is InChI=1S/C11H11ClN2O2S2/c12-9-3-1-2-4-10(9)14-11(17)13-8-5-6-18(15,16)7-8/h1-6,8H,7H2,(H2,13,14,17)/t8-/m0/s1. The molecule has 1 atom stereocenters. The Labute approximate surface area is 116 Å². The summed E-state index contributed by atoms with van der Waals surface area (Å²) in [6.45, 7) is 0. The Balaban J connectivity index is 1.95. The summed E-state index contributed by atoms with van der Waals surface area (Å²) >= 11 is 11.1. The van der Waals surface area contributed by atoms with Gasteiger partial charge in [0.05, 0.1) is 22.5 Å². The monoisotopic (exact) mass is 302 g/mol. The Hall–Kier alpha value is -1.11. The van der Waals surface area contributed by atoms with Crippen LogP contribution in [0.15, 0.2) is 35.7 Å². The first kappa shape index (κ1) is 13.3. The predicted molar refractivity (Wildman–Crippen MR) is 77.5 cm³/mol. The molecule has 1 aliphatic heterocycles. The number of halogens is 1. The van der Waals surface area contributed by atoms with E-state index in [0.717, 1.165) is 0 Å². The van der Waals surface area contributed by atoms with E-state index >= 15 is 0 Å². The van der Waals surface area contributed by atoms with Crippen LogP contribution in [0.4, 0.5) is 5.69 Å². The van der Waals surface area contributed by atoms with Gasteiger partial charge < -0.3 is 10.6 Å². The van der Waals surface area contributed by atoms with Crippen molar-refractivity contribution in [3.05, 3.63) is 40.8 Å². The van der Waals surface area contributed by atoms with Crippen LogP contribution in [-0.2, 0) is 9.84 Å². The first-order valence-electron chi connectivity index (χ1n) is 5.19. The number of hydrogen-bond acceptors (Lipinski definition) is 3. The summed E-state index contributed by atoms with van der Waals surface area (Å²) in [6.07, 6.45) is 1.58. The minimum Gasteiger partial charge on any atom is -0.355 e. The number of benzene rings is 1. The maximum absolute atomic E-state index is 11.2. The molecule has 0 fully saturated rings. The Morgan fingerprint density at radius 1 is 1.39 bits per heavy atom. The smallest absolute Gasteiger partial charge is 0.173 e. The van der Waals surface area contributed by atoms with Crippen LogP contribution >= 0.6 is 23.8 Å². The maximum atomic E-state index is 11.2. The molecule has 0 unspecified atom stereocenters. The fraction of sp³-hybridized carbons (Fsp3) is 0.182. The molecule has 0 aliphatic carbocycles. The zero-order chi connectivity index (χ0) is 13.2. The van der Waals surface area contributed by atoms with Gasteiger partial charge in [-0.3, -0.25) is 0 Å². The van der Waals surface area contributed by atoms with Gasteiger partial charge in [-0.15, -0.1) is 0 Å². The van der Waals surface area contributed by atoms with Gasteiger partial charge in [0, 0.05) is 5.41 Å². The highest BCUT2D eigenvalue weighted by molar-refractivity contribution is 7.94. The lowest BCUT2D eigenvalue weighted by atomic mass is 10.3. The third-order valence-corrected chi connectivity index (χ3v) is 4.31. The molecule has 2 rings (SSSR count). The van der Waals surface area contributed by atoms with Gasteiger partial charge >= 0.3 is 0 Å². The summed E-state index contributed by atoms with van der Waals surface area (Å²) in [6, 6.07) is 6.88. The molecule has 18 heavy (non-hydrogen) atoms. The van der Waals surface area contributed by atoms with Crippen LogP contribution in [0.2, 0.25) is 5.02 Å². The van der Waals surface area contributed by atoms with E-state index in [2.05, 4.69) is 10.6 Å². The first-order valence-corrected chi connectivity index (χ1v) is 7.69. The fourth-order valence-electron chi connectivity index (χ4n) is 1.56. The molecule has 0 saturated carbocycles. The highest BCUT2D eigenvalue weighted by atomic mass is 35.5. The second kappa shape index (κ2) is 5.26. The third-order valence-electron chi connectivity index (χ3n) is 2.37. The van der Waals surface area contributed by atoms with Gasteiger partial charge in [0.15, 0.2) is 14.9 Å². The van der Waals surface area contributed by atoms with Crippen molar-refractivity contribution in [1.29, 1.82) is 0 Å². The van der Waals surface area contributed by atoms with Crippen molar-refractivity contribution in [2.45, 2.75) is 6.04 Å². The predicted octanol–water partition coefficient (Wildman–Crippen LogP) is 1.94. The normalized spacial score (nSPS) is 20.6. The second-order valence-electron chi connectivity index (χ2n) is 3.84. The Morgan fingerprint density at radius 3 is 2.72 bits per heavy atom. The van der Waals surface area contributed by atoms with E-state index in [1.165, 1.54) is 5.41 Å². The topological polar surface area (TPSA) is 58.2 Å². The molecule has 0 saturated heterocycles. The number of thiocarbonyl (C=S) groups is 1.